The zero-order valence-corrected chi connectivity index (χ0v) is 14.1. The summed E-state index contributed by atoms with van der Waals surface area (Å²) in [5.41, 5.74) is 3.45. The predicted molar refractivity (Wildman–Crippen MR) is 95.4 cm³/mol. The fourth-order valence-corrected chi connectivity index (χ4v) is 2.76. The molecule has 0 radical (unpaired) electrons. The Labute approximate surface area is 148 Å². The van der Waals surface area contributed by atoms with Gasteiger partial charge in [0, 0.05) is 0 Å². The quantitative estimate of drug-likeness (QED) is 0.568. The summed E-state index contributed by atoms with van der Waals surface area (Å²) in [6.07, 6.45) is 1.48. The first-order valence-corrected chi connectivity index (χ1v) is 8.19. The molecule has 2 aromatic carbocycles. The molecule has 130 valence electrons. The lowest BCUT2D eigenvalue weighted by Gasteiger charge is -2.06. The molecule has 0 atom stereocenters. The van der Waals surface area contributed by atoms with E-state index in [0.717, 1.165) is 11.1 Å². The van der Waals surface area contributed by atoms with Crippen LogP contribution in [-0.2, 0) is 13.1 Å². The SMILES string of the molecule is Cc1ccc(Cn2nnc3c(=O)n(Cc4ccc(F)cc4)cnc32)cc1. The van der Waals surface area contributed by atoms with Gasteiger partial charge in [0.2, 0.25) is 0 Å². The van der Waals surface area contributed by atoms with Gasteiger partial charge in [0.1, 0.15) is 12.1 Å². The molecule has 0 saturated heterocycles. The number of hydrogen-bond acceptors (Lipinski definition) is 4. The normalized spacial score (nSPS) is 11.2. The van der Waals surface area contributed by atoms with E-state index in [9.17, 15) is 9.18 Å². The summed E-state index contributed by atoms with van der Waals surface area (Å²) >= 11 is 0. The monoisotopic (exact) mass is 349 g/mol. The van der Waals surface area contributed by atoms with E-state index in [1.165, 1.54) is 28.6 Å². The van der Waals surface area contributed by atoms with Crippen molar-refractivity contribution in [1.29, 1.82) is 0 Å². The van der Waals surface area contributed by atoms with E-state index in [1.807, 2.05) is 31.2 Å². The van der Waals surface area contributed by atoms with E-state index in [1.54, 1.807) is 16.8 Å². The Kier molecular flexibility index (Phi) is 4.04. The molecule has 26 heavy (non-hydrogen) atoms. The highest BCUT2D eigenvalue weighted by atomic mass is 19.1. The number of aryl methyl sites for hydroxylation is 1. The van der Waals surface area contributed by atoms with Crippen LogP contribution >= 0.6 is 0 Å². The van der Waals surface area contributed by atoms with Crippen LogP contribution in [0.3, 0.4) is 0 Å². The maximum Gasteiger partial charge on any atom is 0.283 e. The van der Waals surface area contributed by atoms with Gasteiger partial charge in [-0.15, -0.1) is 5.10 Å². The van der Waals surface area contributed by atoms with Crippen LogP contribution in [0, 0.1) is 12.7 Å². The molecule has 4 aromatic rings. The van der Waals surface area contributed by atoms with Gasteiger partial charge in [-0.3, -0.25) is 9.36 Å². The number of halogens is 1. The van der Waals surface area contributed by atoms with Crippen molar-refractivity contribution in [2.24, 2.45) is 0 Å². The molecule has 2 aromatic heterocycles. The van der Waals surface area contributed by atoms with Crippen molar-refractivity contribution in [2.75, 3.05) is 0 Å². The average molecular weight is 349 g/mol. The lowest BCUT2D eigenvalue weighted by Crippen LogP contribution is -2.21. The van der Waals surface area contributed by atoms with Crippen LogP contribution in [0.2, 0.25) is 0 Å². The molecule has 7 heteroatoms. The topological polar surface area (TPSA) is 65.6 Å². The molecular formula is C19H16FN5O. The summed E-state index contributed by atoms with van der Waals surface area (Å²) in [6, 6.07) is 14.1. The number of rotatable bonds is 4. The highest BCUT2D eigenvalue weighted by Gasteiger charge is 2.12. The van der Waals surface area contributed by atoms with Crippen LogP contribution in [-0.4, -0.2) is 24.5 Å². The summed E-state index contributed by atoms with van der Waals surface area (Å²) in [5.74, 6) is -0.311. The minimum atomic E-state index is -0.311. The van der Waals surface area contributed by atoms with E-state index in [4.69, 9.17) is 0 Å². The number of nitrogens with zero attached hydrogens (tertiary/aromatic N) is 5. The first-order valence-electron chi connectivity index (χ1n) is 8.19. The molecule has 0 aliphatic heterocycles. The van der Waals surface area contributed by atoms with Gasteiger partial charge in [0.25, 0.3) is 5.56 Å². The van der Waals surface area contributed by atoms with Gasteiger partial charge in [-0.25, -0.2) is 14.1 Å². The van der Waals surface area contributed by atoms with Crippen molar-refractivity contribution in [3.63, 3.8) is 0 Å². The standard InChI is InChI=1S/C19H16FN5O/c1-13-2-4-15(5-3-13)11-25-18-17(22-23-25)19(26)24(12-21-18)10-14-6-8-16(20)9-7-14/h2-9,12H,10-11H2,1H3. The van der Waals surface area contributed by atoms with Crippen LogP contribution in [0.15, 0.2) is 59.7 Å². The summed E-state index contributed by atoms with van der Waals surface area (Å²) in [4.78, 5) is 17.0. The molecular weight excluding hydrogens is 333 g/mol. The van der Waals surface area contributed by atoms with Crippen molar-refractivity contribution in [1.82, 2.24) is 24.5 Å². The second kappa shape index (κ2) is 6.51. The Morgan fingerprint density at radius 3 is 2.35 bits per heavy atom. The minimum absolute atomic E-state index is 0.224. The first kappa shape index (κ1) is 16.1. The zero-order valence-electron chi connectivity index (χ0n) is 14.1. The van der Waals surface area contributed by atoms with Gasteiger partial charge >= 0.3 is 0 Å². The van der Waals surface area contributed by atoms with Crippen LogP contribution in [0.1, 0.15) is 16.7 Å². The lowest BCUT2D eigenvalue weighted by molar-refractivity contribution is 0.626. The second-order valence-corrected chi connectivity index (χ2v) is 6.21. The number of benzene rings is 2. The number of aromatic nitrogens is 5. The van der Waals surface area contributed by atoms with E-state index >= 15 is 0 Å². The van der Waals surface area contributed by atoms with Crippen molar-refractivity contribution in [3.8, 4) is 0 Å². The zero-order chi connectivity index (χ0) is 18.1. The fraction of sp³-hybridized carbons (Fsp3) is 0.158. The third-order valence-corrected chi connectivity index (χ3v) is 4.21. The molecule has 2 heterocycles. The van der Waals surface area contributed by atoms with Gasteiger partial charge in [0.15, 0.2) is 11.2 Å². The van der Waals surface area contributed by atoms with Gasteiger partial charge in [-0.2, -0.15) is 0 Å². The summed E-state index contributed by atoms with van der Waals surface area (Å²) in [6.45, 7) is 2.82. The van der Waals surface area contributed by atoms with Crippen molar-refractivity contribution in [2.45, 2.75) is 20.0 Å². The largest absolute Gasteiger partial charge is 0.293 e. The van der Waals surface area contributed by atoms with Gasteiger partial charge in [-0.05, 0) is 30.2 Å². The Morgan fingerprint density at radius 2 is 1.62 bits per heavy atom. The molecule has 0 fully saturated rings. The summed E-state index contributed by atoms with van der Waals surface area (Å²) in [5, 5.41) is 8.08. The maximum absolute atomic E-state index is 13.0. The molecule has 0 bridgehead atoms. The highest BCUT2D eigenvalue weighted by molar-refractivity contribution is 5.67. The molecule has 0 amide bonds. The lowest BCUT2D eigenvalue weighted by atomic mass is 10.1. The Morgan fingerprint density at radius 1 is 0.962 bits per heavy atom. The van der Waals surface area contributed by atoms with E-state index in [-0.39, 0.29) is 16.9 Å². The van der Waals surface area contributed by atoms with Crippen LogP contribution < -0.4 is 5.56 Å². The average Bonchev–Trinajstić information content (AvgIpc) is 3.05. The number of hydrogen-bond donors (Lipinski definition) is 0. The van der Waals surface area contributed by atoms with Crippen molar-refractivity contribution < 1.29 is 4.39 Å². The van der Waals surface area contributed by atoms with Gasteiger partial charge < -0.3 is 0 Å². The Balaban J connectivity index is 1.65. The Bertz CT molecular complexity index is 1110. The summed E-state index contributed by atoms with van der Waals surface area (Å²) < 4.78 is 16.1. The first-order chi connectivity index (χ1) is 12.6. The van der Waals surface area contributed by atoms with Gasteiger partial charge in [0.05, 0.1) is 13.1 Å². The molecule has 0 unspecified atom stereocenters. The molecule has 0 aliphatic carbocycles. The Hall–Kier alpha value is -3.35. The van der Waals surface area contributed by atoms with E-state index in [0.29, 0.717) is 18.7 Å². The van der Waals surface area contributed by atoms with Crippen molar-refractivity contribution >= 4 is 11.2 Å². The fourth-order valence-electron chi connectivity index (χ4n) is 2.76. The smallest absolute Gasteiger partial charge is 0.283 e. The summed E-state index contributed by atoms with van der Waals surface area (Å²) in [7, 11) is 0. The molecule has 0 N–H and O–H groups in total. The molecule has 4 rings (SSSR count). The van der Waals surface area contributed by atoms with E-state index in [2.05, 4.69) is 15.3 Å². The minimum Gasteiger partial charge on any atom is -0.293 e. The van der Waals surface area contributed by atoms with Gasteiger partial charge in [-0.1, -0.05) is 47.2 Å². The third-order valence-electron chi connectivity index (χ3n) is 4.21. The molecule has 0 aliphatic rings. The molecule has 0 spiro atoms. The second-order valence-electron chi connectivity index (χ2n) is 6.21. The van der Waals surface area contributed by atoms with E-state index < -0.39 is 0 Å². The number of fused-ring (bicyclic) bond motifs is 1. The maximum atomic E-state index is 13.0. The predicted octanol–water partition coefficient (Wildman–Crippen LogP) is 2.53. The van der Waals surface area contributed by atoms with Crippen LogP contribution in [0.4, 0.5) is 4.39 Å². The van der Waals surface area contributed by atoms with Crippen LogP contribution in [0.5, 0.6) is 0 Å². The van der Waals surface area contributed by atoms with Crippen molar-refractivity contribution in [3.05, 3.63) is 87.7 Å². The third kappa shape index (κ3) is 3.11. The van der Waals surface area contributed by atoms with Crippen LogP contribution in [0.25, 0.3) is 11.2 Å². The molecule has 6 nitrogen and oxygen atoms in total. The molecule has 0 saturated carbocycles. The highest BCUT2D eigenvalue weighted by Crippen LogP contribution is 2.10.